The van der Waals surface area contributed by atoms with E-state index in [2.05, 4.69) is 47.4 Å². The highest BCUT2D eigenvalue weighted by atomic mass is 32.1. The van der Waals surface area contributed by atoms with E-state index in [9.17, 15) is 25.4 Å². The minimum Gasteiger partial charge on any atom is -0.289 e. The van der Waals surface area contributed by atoms with Crippen molar-refractivity contribution >= 4 is 57.5 Å². The van der Waals surface area contributed by atoms with E-state index in [1.54, 1.807) is 0 Å². The average molecular weight is 867 g/mol. The maximum absolute atomic E-state index is 14.3. The fourth-order valence-corrected chi connectivity index (χ4v) is 16.7. The van der Waals surface area contributed by atoms with Crippen molar-refractivity contribution < 1.29 is 9.59 Å². The molecule has 0 aliphatic heterocycles. The van der Waals surface area contributed by atoms with Gasteiger partial charge in [0.05, 0.1) is 12.6 Å². The maximum atomic E-state index is 14.3. The number of benzene rings is 2. The Morgan fingerprint density at radius 3 is 1.38 bits per heavy atom. The van der Waals surface area contributed by atoms with Crippen LogP contribution in [0.3, 0.4) is 0 Å². The van der Waals surface area contributed by atoms with Crippen LogP contribution in [0.5, 0.6) is 0 Å². The van der Waals surface area contributed by atoms with Gasteiger partial charge in [0, 0.05) is 69.2 Å². The summed E-state index contributed by atoms with van der Waals surface area (Å²) in [6.07, 6.45) is 25.3. The number of thiophene rings is 2. The third-order valence-corrected chi connectivity index (χ3v) is 18.7. The highest BCUT2D eigenvalue weighted by Crippen LogP contribution is 2.71. The average Bonchev–Trinajstić information content (AvgIpc) is 4.18. The first-order valence-electron chi connectivity index (χ1n) is 22.9. The van der Waals surface area contributed by atoms with Crippen molar-refractivity contribution in [3.05, 3.63) is 160 Å². The summed E-state index contributed by atoms with van der Waals surface area (Å²) in [5.74, 6) is -0.239. The normalized spacial score (nSPS) is 23.2. The first kappa shape index (κ1) is 39.2. The van der Waals surface area contributed by atoms with Gasteiger partial charge >= 0.3 is 0 Å². The SMILES string of the molecule is [C-]#[N+]C(C#N)=C1/C(=C\C2=Cc3sc4c(c3C23CCCCC3)C2(CCCCC2)c2c-4sc3c2C2(CCCCC2)C(/C=C2\C(=O)c4ccccc4C2=C(C#N)C#N)=C3)C(=O)c2ccccc21. The lowest BCUT2D eigenvalue weighted by Crippen LogP contribution is -2.37. The predicted octanol–water partition coefficient (Wildman–Crippen LogP) is 13.8. The van der Waals surface area contributed by atoms with Crippen LogP contribution in [-0.2, 0) is 16.2 Å². The molecule has 8 aliphatic carbocycles. The summed E-state index contributed by atoms with van der Waals surface area (Å²) >= 11 is 3.87. The zero-order valence-corrected chi connectivity index (χ0v) is 37.1. The standard InChI is InChI=1S/C56H42N4O2S2/c1-60-41(31-59)45-36-16-6-8-18-38(36)51(62)40(45)26-34-28-43-47(55(34)21-11-3-12-22-55)49-53(64-43)52-48(56(49)23-13-4-14-24-56)46-42(63-52)27-33(54(46)19-9-2-10-20-54)25-39-44(32(29-57)30-58)35-15-5-7-17-37(35)50(39)61/h5-8,15-18,25-28H,2-4,9-14,19-24H2/b39-25-,40-26+,45-41?. The molecule has 2 aromatic carbocycles. The Balaban J connectivity index is 1.05. The van der Waals surface area contributed by atoms with Crippen molar-refractivity contribution in [1.82, 2.24) is 0 Å². The summed E-state index contributed by atoms with van der Waals surface area (Å²) in [6.45, 7) is 7.94. The number of rotatable bonds is 2. The van der Waals surface area contributed by atoms with Gasteiger partial charge in [0.2, 0.25) is 0 Å². The van der Waals surface area contributed by atoms with Crippen LogP contribution in [0, 0.1) is 40.6 Å². The van der Waals surface area contributed by atoms with Crippen LogP contribution in [0.4, 0.5) is 0 Å². The molecule has 4 aromatic rings. The second-order valence-electron chi connectivity index (χ2n) is 19.0. The highest BCUT2D eigenvalue weighted by molar-refractivity contribution is 7.23. The number of carbonyl (C=O) groups excluding carboxylic acids is 2. The number of ketones is 2. The van der Waals surface area contributed by atoms with Crippen LogP contribution in [0.2, 0.25) is 0 Å². The minimum atomic E-state index is -0.273. The second kappa shape index (κ2) is 14.3. The van der Waals surface area contributed by atoms with Crippen molar-refractivity contribution in [2.75, 3.05) is 0 Å². The minimum absolute atomic E-state index is 0.0257. The van der Waals surface area contributed by atoms with Gasteiger partial charge in [-0.25, -0.2) is 10.1 Å². The molecule has 310 valence electrons. The monoisotopic (exact) mass is 866 g/mol. The van der Waals surface area contributed by atoms with Crippen LogP contribution < -0.4 is 0 Å². The Kier molecular flexibility index (Phi) is 8.75. The van der Waals surface area contributed by atoms with Crippen LogP contribution in [0.15, 0.2) is 94.2 Å². The van der Waals surface area contributed by atoms with Gasteiger partial charge in [-0.05, 0) is 107 Å². The van der Waals surface area contributed by atoms with Gasteiger partial charge in [-0.1, -0.05) is 106 Å². The Labute approximate surface area is 381 Å². The van der Waals surface area contributed by atoms with Gasteiger partial charge < -0.3 is 0 Å². The van der Waals surface area contributed by atoms with Gasteiger partial charge in [0.25, 0.3) is 5.70 Å². The largest absolute Gasteiger partial charge is 0.289 e. The van der Waals surface area contributed by atoms with E-state index >= 15 is 0 Å². The summed E-state index contributed by atoms with van der Waals surface area (Å²) in [6, 6.07) is 21.2. The van der Waals surface area contributed by atoms with E-state index < -0.39 is 0 Å². The first-order chi connectivity index (χ1) is 31.3. The fourth-order valence-electron chi connectivity index (χ4n) is 13.6. The van der Waals surface area contributed by atoms with Gasteiger partial charge in [-0.2, -0.15) is 10.5 Å². The molecule has 0 radical (unpaired) electrons. The molecule has 0 saturated heterocycles. The molecule has 64 heavy (non-hydrogen) atoms. The highest BCUT2D eigenvalue weighted by Gasteiger charge is 2.58. The molecular weight excluding hydrogens is 825 g/mol. The molecule has 12 rings (SSSR count). The summed E-state index contributed by atoms with van der Waals surface area (Å²) in [5.41, 5.74) is 11.8. The predicted molar refractivity (Wildman–Crippen MR) is 252 cm³/mol. The Bertz CT molecular complexity index is 2990. The van der Waals surface area contributed by atoms with Crippen LogP contribution in [0.25, 0.3) is 37.9 Å². The molecule has 6 nitrogen and oxygen atoms in total. The van der Waals surface area contributed by atoms with E-state index in [4.69, 9.17) is 6.57 Å². The zero-order chi connectivity index (χ0) is 43.5. The molecule has 3 saturated carbocycles. The zero-order valence-electron chi connectivity index (χ0n) is 35.5. The lowest BCUT2D eigenvalue weighted by atomic mass is 9.58. The van der Waals surface area contributed by atoms with E-state index in [0.29, 0.717) is 44.5 Å². The van der Waals surface area contributed by atoms with Crippen molar-refractivity contribution in [1.29, 1.82) is 15.8 Å². The number of fused-ring (bicyclic) bond motifs is 13. The number of nitrogens with zero attached hydrogens (tertiary/aromatic N) is 4. The van der Waals surface area contributed by atoms with E-state index in [0.717, 1.165) is 88.2 Å². The van der Waals surface area contributed by atoms with Crippen molar-refractivity contribution in [3.8, 4) is 28.0 Å². The number of nitriles is 3. The van der Waals surface area contributed by atoms with E-state index in [1.807, 2.05) is 71.2 Å². The summed E-state index contributed by atoms with van der Waals surface area (Å²) in [4.78, 5) is 37.7. The Hall–Kier alpha value is -6.42. The summed E-state index contributed by atoms with van der Waals surface area (Å²) in [7, 11) is 0. The molecule has 0 N–H and O–H groups in total. The topological polar surface area (TPSA) is 110 Å². The smallest absolute Gasteiger partial charge is 0.270 e. The van der Waals surface area contributed by atoms with Gasteiger partial charge in [-0.3, -0.25) is 9.59 Å². The lowest BCUT2D eigenvalue weighted by Gasteiger charge is -2.44. The molecule has 0 bridgehead atoms. The molecule has 8 aliphatic rings. The molecule has 2 heterocycles. The number of carbonyl (C=O) groups is 2. The molecule has 0 amide bonds. The molecule has 0 unspecified atom stereocenters. The first-order valence-corrected chi connectivity index (χ1v) is 24.6. The number of hydrogen-bond acceptors (Lipinski definition) is 7. The quantitative estimate of drug-likeness (QED) is 0.113. The van der Waals surface area contributed by atoms with E-state index in [-0.39, 0.29) is 39.1 Å². The van der Waals surface area contributed by atoms with Crippen molar-refractivity contribution in [2.24, 2.45) is 0 Å². The van der Waals surface area contributed by atoms with Gasteiger partial charge in [0.1, 0.15) is 17.7 Å². The molecule has 3 fully saturated rings. The van der Waals surface area contributed by atoms with Crippen LogP contribution in [0.1, 0.15) is 160 Å². The molecule has 2 aromatic heterocycles. The molecule has 8 heteroatoms. The third-order valence-electron chi connectivity index (χ3n) is 16.2. The number of Topliss-reactive ketones (excluding diaryl/α,β-unsaturated/α-hetero) is 2. The Morgan fingerprint density at radius 1 is 0.547 bits per heavy atom. The summed E-state index contributed by atoms with van der Waals surface area (Å²) < 4.78 is 0. The van der Waals surface area contributed by atoms with Gasteiger partial charge in [0.15, 0.2) is 11.6 Å². The second-order valence-corrected chi connectivity index (χ2v) is 21.1. The molecule has 3 spiro atoms. The molecule has 0 atom stereocenters. The number of allylic oxidation sites excluding steroid dienone is 10. The maximum Gasteiger partial charge on any atom is 0.270 e. The van der Waals surface area contributed by atoms with Crippen molar-refractivity contribution in [3.63, 3.8) is 0 Å². The lowest BCUT2D eigenvalue weighted by molar-refractivity contribution is 0.103. The number of hydrogen-bond donors (Lipinski definition) is 0. The summed E-state index contributed by atoms with van der Waals surface area (Å²) in [5, 5.41) is 30.5. The fraction of sp³-hybridized carbons (Fsp3) is 0.321. The van der Waals surface area contributed by atoms with Crippen LogP contribution >= 0.6 is 22.7 Å². The van der Waals surface area contributed by atoms with Crippen LogP contribution in [-0.4, -0.2) is 11.6 Å². The van der Waals surface area contributed by atoms with Gasteiger partial charge in [-0.15, -0.1) is 22.7 Å². The molecular formula is C56H42N4O2S2. The van der Waals surface area contributed by atoms with Crippen molar-refractivity contribution in [2.45, 2.75) is 113 Å². The van der Waals surface area contributed by atoms with E-state index in [1.165, 1.54) is 61.0 Å². The third kappa shape index (κ3) is 5.02. The Morgan fingerprint density at radius 2 is 0.953 bits per heavy atom.